The Labute approximate surface area is 325 Å². The van der Waals surface area contributed by atoms with Gasteiger partial charge in [0.15, 0.2) is 0 Å². The topological polar surface area (TPSA) is 8.17 Å². The Hall–Kier alpha value is -7.16. The van der Waals surface area contributed by atoms with E-state index in [0.717, 1.165) is 56.0 Å². The SMILES string of the molecule is [2H]c1c([2H])c([2H])c2c(-c3ccc(N(c4ccc(-c5ccccc5)cc4)c4ccc(-c5cccc(-n6c7ccccc7c7ccccc76)c5)cc4)cc3)c([2H])c([2H])c([2H])c2c1[2H]. The van der Waals surface area contributed by atoms with E-state index in [4.69, 9.17) is 9.60 Å². The lowest BCUT2D eigenvalue weighted by Crippen LogP contribution is -2.09. The van der Waals surface area contributed by atoms with Crippen LogP contribution < -0.4 is 4.90 Å². The van der Waals surface area contributed by atoms with Crippen molar-refractivity contribution in [3.8, 4) is 39.1 Å². The molecule has 0 aliphatic rings. The van der Waals surface area contributed by atoms with E-state index < -0.39 is 18.1 Å². The molecule has 0 saturated heterocycles. The van der Waals surface area contributed by atoms with Crippen LogP contribution in [0.5, 0.6) is 0 Å². The lowest BCUT2D eigenvalue weighted by Gasteiger charge is -2.26. The molecule has 0 fully saturated rings. The second-order valence-corrected chi connectivity index (χ2v) is 13.3. The number of para-hydroxylation sites is 2. The third kappa shape index (κ3) is 5.62. The molecule has 0 spiro atoms. The van der Waals surface area contributed by atoms with Crippen molar-refractivity contribution in [2.45, 2.75) is 0 Å². The molecule has 1 aromatic heterocycles. The van der Waals surface area contributed by atoms with E-state index in [1.165, 1.54) is 10.8 Å². The van der Waals surface area contributed by atoms with Crippen LogP contribution in [-0.4, -0.2) is 4.57 Å². The first-order valence-electron chi connectivity index (χ1n) is 21.4. The minimum absolute atomic E-state index is 0.0631. The van der Waals surface area contributed by atoms with Gasteiger partial charge in [-0.3, -0.25) is 0 Å². The molecule has 9 aromatic carbocycles. The van der Waals surface area contributed by atoms with Gasteiger partial charge < -0.3 is 9.47 Å². The van der Waals surface area contributed by atoms with Crippen molar-refractivity contribution in [3.05, 3.63) is 218 Å². The summed E-state index contributed by atoms with van der Waals surface area (Å²) in [6.45, 7) is 0. The van der Waals surface area contributed by atoms with Gasteiger partial charge in [0.1, 0.15) is 0 Å². The zero-order chi connectivity index (χ0) is 41.9. The Balaban J connectivity index is 1.06. The van der Waals surface area contributed by atoms with Crippen LogP contribution in [0.4, 0.5) is 17.1 Å². The number of rotatable bonds is 7. The summed E-state index contributed by atoms with van der Waals surface area (Å²) < 4.78 is 62.2. The summed E-state index contributed by atoms with van der Waals surface area (Å²) in [6, 6.07) is 57.4. The molecule has 254 valence electrons. The van der Waals surface area contributed by atoms with Crippen LogP contribution >= 0.6 is 0 Å². The second kappa shape index (κ2) is 13.4. The Morgan fingerprint density at radius 1 is 0.370 bits per heavy atom. The van der Waals surface area contributed by atoms with Gasteiger partial charge in [-0.25, -0.2) is 0 Å². The minimum atomic E-state index is -0.472. The summed E-state index contributed by atoms with van der Waals surface area (Å²) in [6.07, 6.45) is 0. The third-order valence-electron chi connectivity index (χ3n) is 10.1. The van der Waals surface area contributed by atoms with Gasteiger partial charge >= 0.3 is 0 Å². The lowest BCUT2D eigenvalue weighted by molar-refractivity contribution is 1.18. The lowest BCUT2D eigenvalue weighted by atomic mass is 9.98. The Bertz CT molecular complexity index is 3250. The van der Waals surface area contributed by atoms with Gasteiger partial charge in [-0.05, 0) is 105 Å². The number of fused-ring (bicyclic) bond motifs is 4. The van der Waals surface area contributed by atoms with E-state index in [2.05, 4.69) is 143 Å². The quantitative estimate of drug-likeness (QED) is 0.161. The van der Waals surface area contributed by atoms with Gasteiger partial charge in [-0.2, -0.15) is 0 Å². The van der Waals surface area contributed by atoms with Crippen molar-refractivity contribution in [3.63, 3.8) is 0 Å². The smallest absolute Gasteiger partial charge is 0.0629 e. The van der Waals surface area contributed by atoms with Crippen molar-refractivity contribution in [1.29, 1.82) is 0 Å². The van der Waals surface area contributed by atoms with Crippen LogP contribution in [0.1, 0.15) is 9.60 Å². The highest BCUT2D eigenvalue weighted by molar-refractivity contribution is 6.09. The molecule has 0 saturated carbocycles. The monoisotopic (exact) mass is 695 g/mol. The summed E-state index contributed by atoms with van der Waals surface area (Å²) in [5, 5.41) is 2.43. The standard InChI is InChI=1S/C52H36N2/c1-2-12-37(13-3-1)38-24-30-43(31-25-38)53(45-34-28-41(29-35-45)48-21-11-15-40-14-4-5-18-47(40)48)44-32-26-39(27-33-44)42-16-10-17-46(36-42)54-51-22-8-6-19-49(51)50-20-7-9-23-52(50)54/h1-36H/i4D,5D,11D,14D,15D,18D,21D. The molecule has 10 aromatic rings. The molecule has 54 heavy (non-hydrogen) atoms. The summed E-state index contributed by atoms with van der Waals surface area (Å²) >= 11 is 0. The molecule has 0 aliphatic heterocycles. The Morgan fingerprint density at radius 3 is 1.52 bits per heavy atom. The molecule has 0 N–H and O–H groups in total. The highest BCUT2D eigenvalue weighted by Gasteiger charge is 2.16. The molecule has 2 nitrogen and oxygen atoms in total. The Kier molecular flexibility index (Phi) is 6.20. The first-order chi connectivity index (χ1) is 29.7. The van der Waals surface area contributed by atoms with Crippen molar-refractivity contribution < 1.29 is 9.60 Å². The van der Waals surface area contributed by atoms with Gasteiger partial charge in [0, 0.05) is 33.5 Å². The van der Waals surface area contributed by atoms with Gasteiger partial charge in [0.2, 0.25) is 0 Å². The fourth-order valence-corrected chi connectivity index (χ4v) is 7.52. The Morgan fingerprint density at radius 2 is 0.870 bits per heavy atom. The molecule has 2 heteroatoms. The molecular weight excluding hydrogens is 653 g/mol. The summed E-state index contributed by atoms with van der Waals surface area (Å²) in [5.74, 6) is 0. The molecular formula is C52H36N2. The molecule has 0 radical (unpaired) electrons. The zero-order valence-corrected chi connectivity index (χ0v) is 29.1. The summed E-state index contributed by atoms with van der Waals surface area (Å²) in [7, 11) is 0. The van der Waals surface area contributed by atoms with Crippen LogP contribution in [-0.2, 0) is 0 Å². The van der Waals surface area contributed by atoms with Gasteiger partial charge in [-0.1, -0.05) is 158 Å². The predicted octanol–water partition coefficient (Wildman–Crippen LogP) is 14.4. The fraction of sp³-hybridized carbons (Fsp3) is 0. The van der Waals surface area contributed by atoms with E-state index >= 15 is 0 Å². The van der Waals surface area contributed by atoms with Gasteiger partial charge in [-0.15, -0.1) is 0 Å². The molecule has 0 bridgehead atoms. The fourth-order valence-electron chi connectivity index (χ4n) is 7.52. The maximum Gasteiger partial charge on any atom is 0.0629 e. The number of hydrogen-bond acceptors (Lipinski definition) is 1. The second-order valence-electron chi connectivity index (χ2n) is 13.3. The largest absolute Gasteiger partial charge is 0.311 e. The maximum atomic E-state index is 8.89. The predicted molar refractivity (Wildman–Crippen MR) is 229 cm³/mol. The normalized spacial score (nSPS) is 13.1. The van der Waals surface area contributed by atoms with Crippen molar-refractivity contribution >= 4 is 49.6 Å². The van der Waals surface area contributed by atoms with E-state index in [0.29, 0.717) is 5.56 Å². The first-order valence-corrected chi connectivity index (χ1v) is 17.9. The van der Waals surface area contributed by atoms with Crippen molar-refractivity contribution in [2.24, 2.45) is 0 Å². The van der Waals surface area contributed by atoms with E-state index in [1.807, 2.05) is 42.5 Å². The zero-order valence-electron chi connectivity index (χ0n) is 36.1. The third-order valence-corrected chi connectivity index (χ3v) is 10.1. The van der Waals surface area contributed by atoms with E-state index in [1.54, 1.807) is 0 Å². The first kappa shape index (κ1) is 24.9. The van der Waals surface area contributed by atoms with Crippen molar-refractivity contribution in [1.82, 2.24) is 4.57 Å². The number of anilines is 3. The van der Waals surface area contributed by atoms with Gasteiger partial charge in [0.05, 0.1) is 20.6 Å². The molecule has 0 aliphatic carbocycles. The average Bonchev–Trinajstić information content (AvgIpc) is 3.65. The van der Waals surface area contributed by atoms with Crippen LogP contribution in [0.2, 0.25) is 0 Å². The van der Waals surface area contributed by atoms with E-state index in [-0.39, 0.29) is 40.5 Å². The van der Waals surface area contributed by atoms with Crippen molar-refractivity contribution in [2.75, 3.05) is 4.90 Å². The van der Waals surface area contributed by atoms with E-state index in [9.17, 15) is 0 Å². The molecule has 1 heterocycles. The maximum absolute atomic E-state index is 8.89. The van der Waals surface area contributed by atoms with Crippen LogP contribution in [0.15, 0.2) is 218 Å². The van der Waals surface area contributed by atoms with Crippen LogP contribution in [0, 0.1) is 0 Å². The number of nitrogens with zero attached hydrogens (tertiary/aromatic N) is 2. The summed E-state index contributed by atoms with van der Waals surface area (Å²) in [4.78, 5) is 2.14. The molecule has 0 amide bonds. The van der Waals surface area contributed by atoms with Crippen LogP contribution in [0.25, 0.3) is 71.6 Å². The van der Waals surface area contributed by atoms with Crippen LogP contribution in [0.3, 0.4) is 0 Å². The number of aromatic nitrogens is 1. The number of benzene rings is 9. The highest BCUT2D eigenvalue weighted by atomic mass is 15.1. The minimum Gasteiger partial charge on any atom is -0.311 e. The average molecular weight is 696 g/mol. The summed E-state index contributed by atoms with van der Waals surface area (Å²) in [5.41, 5.74) is 11.1. The highest BCUT2D eigenvalue weighted by Crippen LogP contribution is 2.39. The molecule has 0 atom stereocenters. The number of hydrogen-bond donors (Lipinski definition) is 0. The van der Waals surface area contributed by atoms with Gasteiger partial charge in [0.25, 0.3) is 0 Å². The molecule has 10 rings (SSSR count). The molecule has 0 unspecified atom stereocenters.